The van der Waals surface area contributed by atoms with Crippen LogP contribution >= 0.6 is 0 Å². The minimum absolute atomic E-state index is 0.0378. The summed E-state index contributed by atoms with van der Waals surface area (Å²) in [5, 5.41) is 13.9. The summed E-state index contributed by atoms with van der Waals surface area (Å²) in [5.74, 6) is -1.16. The Morgan fingerprint density at radius 3 is 2.32 bits per heavy atom. The first-order valence-electron chi connectivity index (χ1n) is 9.44. The first-order chi connectivity index (χ1) is 15.0. The number of rotatable bonds is 6. The maximum absolute atomic E-state index is 13.0. The molecule has 31 heavy (non-hydrogen) atoms. The van der Waals surface area contributed by atoms with Gasteiger partial charge in [-0.3, -0.25) is 19.7 Å². The largest absolute Gasteiger partial charge is 0.460 e. The standard InChI is InChI=1S/C23H16N2O6/c26-21-16-7-1-2-8-17(16)22(27)20-18(21)9-4-10-19(20)24-11-12-31-23(28)14-5-3-6-15(13-14)25(29)30/h1-10,13,24H,11-12H2. The molecular formula is C23H16N2O6. The van der Waals surface area contributed by atoms with Crippen molar-refractivity contribution in [2.24, 2.45) is 0 Å². The molecule has 0 fully saturated rings. The Bertz CT molecular complexity index is 1230. The molecular weight excluding hydrogens is 400 g/mol. The smallest absolute Gasteiger partial charge is 0.338 e. The van der Waals surface area contributed by atoms with Gasteiger partial charge in [-0.25, -0.2) is 4.79 Å². The molecule has 0 amide bonds. The molecule has 8 heteroatoms. The van der Waals surface area contributed by atoms with Crippen molar-refractivity contribution in [1.29, 1.82) is 0 Å². The molecule has 1 N–H and O–H groups in total. The van der Waals surface area contributed by atoms with E-state index in [1.807, 2.05) is 0 Å². The quantitative estimate of drug-likeness (QED) is 0.221. The third kappa shape index (κ3) is 3.78. The van der Waals surface area contributed by atoms with Crippen LogP contribution in [-0.4, -0.2) is 35.6 Å². The molecule has 3 aromatic rings. The SMILES string of the molecule is O=C(OCCNc1cccc2c1C(=O)c1ccccc1C2=O)c1cccc([N+](=O)[O-])c1. The minimum Gasteiger partial charge on any atom is -0.460 e. The van der Waals surface area contributed by atoms with Crippen molar-refractivity contribution in [2.75, 3.05) is 18.5 Å². The van der Waals surface area contributed by atoms with Crippen LogP contribution in [-0.2, 0) is 4.74 Å². The third-order valence-electron chi connectivity index (χ3n) is 4.90. The molecule has 1 aliphatic carbocycles. The second-order valence-corrected chi connectivity index (χ2v) is 6.80. The predicted molar refractivity (Wildman–Crippen MR) is 112 cm³/mol. The number of fused-ring (bicyclic) bond motifs is 2. The van der Waals surface area contributed by atoms with Crippen molar-refractivity contribution in [2.45, 2.75) is 0 Å². The van der Waals surface area contributed by atoms with E-state index in [4.69, 9.17) is 4.74 Å². The van der Waals surface area contributed by atoms with Gasteiger partial charge in [-0.1, -0.05) is 42.5 Å². The fourth-order valence-electron chi connectivity index (χ4n) is 3.45. The molecule has 8 nitrogen and oxygen atoms in total. The van der Waals surface area contributed by atoms with Gasteiger partial charge >= 0.3 is 5.97 Å². The molecule has 154 valence electrons. The summed E-state index contributed by atoms with van der Waals surface area (Å²) in [5.41, 5.74) is 1.68. The number of ether oxygens (including phenoxy) is 1. The van der Waals surface area contributed by atoms with Crippen LogP contribution in [0.4, 0.5) is 11.4 Å². The van der Waals surface area contributed by atoms with Gasteiger partial charge in [0, 0.05) is 41.1 Å². The molecule has 0 atom stereocenters. The van der Waals surface area contributed by atoms with E-state index in [1.54, 1.807) is 42.5 Å². The number of ketones is 2. The molecule has 3 aromatic carbocycles. The Kier molecular flexibility index (Phi) is 5.28. The number of nitro benzene ring substituents is 1. The van der Waals surface area contributed by atoms with E-state index in [9.17, 15) is 24.5 Å². The number of carbonyl (C=O) groups excluding carboxylic acids is 3. The highest BCUT2D eigenvalue weighted by molar-refractivity contribution is 6.30. The van der Waals surface area contributed by atoms with Crippen LogP contribution in [0.3, 0.4) is 0 Å². The van der Waals surface area contributed by atoms with Crippen molar-refractivity contribution < 1.29 is 24.0 Å². The molecule has 0 unspecified atom stereocenters. The van der Waals surface area contributed by atoms with Gasteiger partial charge in [0.05, 0.1) is 16.1 Å². The predicted octanol–water partition coefficient (Wildman–Crippen LogP) is 3.64. The topological polar surface area (TPSA) is 116 Å². The van der Waals surface area contributed by atoms with Crippen LogP contribution in [0.25, 0.3) is 0 Å². The number of nitrogens with zero attached hydrogens (tertiary/aromatic N) is 1. The average molecular weight is 416 g/mol. The van der Waals surface area contributed by atoms with Crippen LogP contribution in [0.1, 0.15) is 42.2 Å². The van der Waals surface area contributed by atoms with Crippen LogP contribution < -0.4 is 5.32 Å². The summed E-state index contributed by atoms with van der Waals surface area (Å²) < 4.78 is 5.16. The van der Waals surface area contributed by atoms with E-state index < -0.39 is 10.9 Å². The Hall–Kier alpha value is -4.33. The van der Waals surface area contributed by atoms with Crippen molar-refractivity contribution >= 4 is 28.9 Å². The van der Waals surface area contributed by atoms with Crippen LogP contribution in [0, 0.1) is 10.1 Å². The Labute approximate surface area is 176 Å². The van der Waals surface area contributed by atoms with Crippen molar-refractivity contribution in [3.8, 4) is 0 Å². The van der Waals surface area contributed by atoms with Crippen molar-refractivity contribution in [3.63, 3.8) is 0 Å². The van der Waals surface area contributed by atoms with Gasteiger partial charge in [0.1, 0.15) is 6.61 Å². The van der Waals surface area contributed by atoms with E-state index in [0.717, 1.165) is 6.07 Å². The molecule has 0 saturated carbocycles. The molecule has 1 aliphatic rings. The lowest BCUT2D eigenvalue weighted by atomic mass is 9.83. The molecule has 0 saturated heterocycles. The summed E-state index contributed by atoms with van der Waals surface area (Å²) >= 11 is 0. The van der Waals surface area contributed by atoms with Gasteiger partial charge in [0.25, 0.3) is 5.69 Å². The first kappa shape index (κ1) is 20.0. The van der Waals surface area contributed by atoms with E-state index in [0.29, 0.717) is 22.4 Å². The number of non-ortho nitro benzene ring substituents is 1. The van der Waals surface area contributed by atoms with Gasteiger partial charge in [-0.15, -0.1) is 0 Å². The van der Waals surface area contributed by atoms with E-state index in [-0.39, 0.29) is 41.5 Å². The number of esters is 1. The monoisotopic (exact) mass is 416 g/mol. The van der Waals surface area contributed by atoms with E-state index in [2.05, 4.69) is 5.32 Å². The van der Waals surface area contributed by atoms with E-state index >= 15 is 0 Å². The maximum atomic E-state index is 13.0. The lowest BCUT2D eigenvalue weighted by Crippen LogP contribution is -2.23. The molecule has 0 radical (unpaired) electrons. The zero-order valence-corrected chi connectivity index (χ0v) is 16.2. The molecule has 0 heterocycles. The highest BCUT2D eigenvalue weighted by Gasteiger charge is 2.31. The summed E-state index contributed by atoms with van der Waals surface area (Å²) in [6.45, 7) is 0.143. The zero-order chi connectivity index (χ0) is 22.0. The number of anilines is 1. The van der Waals surface area contributed by atoms with Gasteiger partial charge in [0.15, 0.2) is 11.6 Å². The summed E-state index contributed by atoms with van der Waals surface area (Å²) in [6.07, 6.45) is 0. The molecule has 0 aromatic heterocycles. The highest BCUT2D eigenvalue weighted by atomic mass is 16.6. The summed E-state index contributed by atoms with van der Waals surface area (Å²) in [4.78, 5) is 48.1. The first-order valence-corrected chi connectivity index (χ1v) is 9.44. The fraction of sp³-hybridized carbons (Fsp3) is 0.0870. The van der Waals surface area contributed by atoms with Gasteiger partial charge in [0.2, 0.25) is 0 Å². The maximum Gasteiger partial charge on any atom is 0.338 e. The summed E-state index contributed by atoms with van der Waals surface area (Å²) in [6, 6.07) is 16.9. The minimum atomic E-state index is -0.694. The number of benzene rings is 3. The number of nitro groups is 1. The Morgan fingerprint density at radius 1 is 0.903 bits per heavy atom. The second-order valence-electron chi connectivity index (χ2n) is 6.80. The lowest BCUT2D eigenvalue weighted by molar-refractivity contribution is -0.384. The molecule has 0 aliphatic heterocycles. The van der Waals surface area contributed by atoms with Gasteiger partial charge < -0.3 is 10.1 Å². The lowest BCUT2D eigenvalue weighted by Gasteiger charge is -2.20. The number of carbonyl (C=O) groups is 3. The van der Waals surface area contributed by atoms with Gasteiger partial charge in [-0.05, 0) is 12.1 Å². The molecule has 0 bridgehead atoms. The molecule has 4 rings (SSSR count). The third-order valence-corrected chi connectivity index (χ3v) is 4.90. The fourth-order valence-corrected chi connectivity index (χ4v) is 3.45. The van der Waals surface area contributed by atoms with Gasteiger partial charge in [-0.2, -0.15) is 0 Å². The summed E-state index contributed by atoms with van der Waals surface area (Å²) in [7, 11) is 0. The number of hydrogen-bond acceptors (Lipinski definition) is 7. The normalized spacial score (nSPS) is 12.0. The van der Waals surface area contributed by atoms with Crippen LogP contribution in [0.5, 0.6) is 0 Å². The number of nitrogens with one attached hydrogen (secondary N) is 1. The van der Waals surface area contributed by atoms with E-state index in [1.165, 1.54) is 18.2 Å². The van der Waals surface area contributed by atoms with Crippen LogP contribution in [0.2, 0.25) is 0 Å². The average Bonchev–Trinajstić information content (AvgIpc) is 2.80. The number of hydrogen-bond donors (Lipinski definition) is 1. The molecule has 0 spiro atoms. The second kappa shape index (κ2) is 8.19. The van der Waals surface area contributed by atoms with Crippen LogP contribution in [0.15, 0.2) is 66.7 Å². The zero-order valence-electron chi connectivity index (χ0n) is 16.2. The Morgan fingerprint density at radius 2 is 1.58 bits per heavy atom. The van der Waals surface area contributed by atoms with Crippen molar-refractivity contribution in [3.05, 3.63) is 105 Å². The Balaban J connectivity index is 1.44. The van der Waals surface area contributed by atoms with Crippen molar-refractivity contribution in [1.82, 2.24) is 0 Å². The highest BCUT2D eigenvalue weighted by Crippen LogP contribution is 2.31.